The van der Waals surface area contributed by atoms with Crippen molar-refractivity contribution in [3.05, 3.63) is 0 Å². The predicted octanol–water partition coefficient (Wildman–Crippen LogP) is 2.79. The van der Waals surface area contributed by atoms with Crippen molar-refractivity contribution in [1.29, 1.82) is 0 Å². The third-order valence-electron chi connectivity index (χ3n) is 5.30. The van der Waals surface area contributed by atoms with Crippen LogP contribution in [0.4, 0.5) is 18.0 Å². The van der Waals surface area contributed by atoms with Crippen LogP contribution in [0.25, 0.3) is 0 Å². The van der Waals surface area contributed by atoms with E-state index >= 15 is 0 Å². The average Bonchev–Trinajstić information content (AvgIpc) is 2.63. The van der Waals surface area contributed by atoms with Gasteiger partial charge < -0.3 is 20.7 Å². The van der Waals surface area contributed by atoms with Crippen molar-refractivity contribution in [2.24, 2.45) is 16.6 Å². The van der Waals surface area contributed by atoms with E-state index in [1.165, 1.54) is 4.90 Å². The highest BCUT2D eigenvalue weighted by molar-refractivity contribution is 14.0. The van der Waals surface area contributed by atoms with E-state index in [2.05, 4.69) is 10.3 Å². The van der Waals surface area contributed by atoms with Crippen LogP contribution >= 0.6 is 24.0 Å². The summed E-state index contributed by atoms with van der Waals surface area (Å²) in [5.74, 6) is 0.790. The topological polar surface area (TPSA) is 83.2 Å². The van der Waals surface area contributed by atoms with Crippen molar-refractivity contribution >= 4 is 36.0 Å². The van der Waals surface area contributed by atoms with E-state index in [0.29, 0.717) is 51.2 Å². The SMILES string of the molecule is CCOC(=O)N1CCC(NC(N)=NCCC2CCN(CC(F)(F)F)CC2)CC1.I. The van der Waals surface area contributed by atoms with Crippen LogP contribution in [0.15, 0.2) is 4.99 Å². The Morgan fingerprint density at radius 2 is 1.79 bits per heavy atom. The van der Waals surface area contributed by atoms with Gasteiger partial charge in [-0.2, -0.15) is 13.2 Å². The van der Waals surface area contributed by atoms with Gasteiger partial charge in [0.1, 0.15) is 0 Å². The van der Waals surface area contributed by atoms with Gasteiger partial charge in [-0.05, 0) is 58.0 Å². The molecule has 0 aliphatic carbocycles. The molecule has 2 aliphatic rings. The molecule has 2 saturated heterocycles. The largest absolute Gasteiger partial charge is 0.450 e. The Bertz CT molecular complexity index is 520. The van der Waals surface area contributed by atoms with Gasteiger partial charge in [0.2, 0.25) is 0 Å². The van der Waals surface area contributed by atoms with E-state index in [-0.39, 0.29) is 36.1 Å². The standard InChI is InChI=1S/C18H32F3N5O2.HI/c1-2-28-17(27)26-11-6-15(7-12-26)24-16(22)23-8-3-14-4-9-25(10-5-14)13-18(19,20)21;/h14-15H,2-13H2,1H3,(H3,22,23,24);1H. The van der Waals surface area contributed by atoms with E-state index in [9.17, 15) is 18.0 Å². The molecule has 2 rings (SSSR count). The number of amides is 1. The molecule has 7 nitrogen and oxygen atoms in total. The number of hydrogen-bond donors (Lipinski definition) is 2. The number of carbonyl (C=O) groups excluding carboxylic acids is 1. The average molecular weight is 535 g/mol. The first-order valence-corrected chi connectivity index (χ1v) is 10.0. The van der Waals surface area contributed by atoms with Gasteiger partial charge in [-0.25, -0.2) is 4.79 Å². The first-order chi connectivity index (χ1) is 13.3. The highest BCUT2D eigenvalue weighted by Crippen LogP contribution is 2.24. The molecule has 0 aromatic heterocycles. The van der Waals surface area contributed by atoms with Crippen molar-refractivity contribution in [3.8, 4) is 0 Å². The van der Waals surface area contributed by atoms with Crippen LogP contribution in [0.1, 0.15) is 39.0 Å². The predicted molar refractivity (Wildman–Crippen MR) is 116 cm³/mol. The molecule has 0 aromatic rings. The summed E-state index contributed by atoms with van der Waals surface area (Å²) in [6, 6.07) is 0.181. The van der Waals surface area contributed by atoms with E-state index < -0.39 is 12.7 Å². The fourth-order valence-corrected chi connectivity index (χ4v) is 3.73. The lowest BCUT2D eigenvalue weighted by molar-refractivity contribution is -0.148. The van der Waals surface area contributed by atoms with Crippen LogP contribution in [0.2, 0.25) is 0 Å². The van der Waals surface area contributed by atoms with Gasteiger partial charge in [0.05, 0.1) is 13.2 Å². The van der Waals surface area contributed by atoms with Gasteiger partial charge in [-0.3, -0.25) is 9.89 Å². The molecule has 0 spiro atoms. The van der Waals surface area contributed by atoms with Crippen LogP contribution in [0.3, 0.4) is 0 Å². The molecule has 0 saturated carbocycles. The molecule has 3 N–H and O–H groups in total. The van der Waals surface area contributed by atoms with E-state index in [1.807, 2.05) is 0 Å². The maximum Gasteiger partial charge on any atom is 0.409 e. The molecule has 2 heterocycles. The molecule has 1 amide bonds. The summed E-state index contributed by atoms with van der Waals surface area (Å²) < 4.78 is 42.2. The number of nitrogens with zero attached hydrogens (tertiary/aromatic N) is 3. The number of ether oxygens (including phenoxy) is 1. The quantitative estimate of drug-likeness (QED) is 0.311. The molecule has 0 bridgehead atoms. The molecular formula is C18H33F3IN5O2. The van der Waals surface area contributed by atoms with Gasteiger partial charge in [0, 0.05) is 25.7 Å². The van der Waals surface area contributed by atoms with Gasteiger partial charge in [-0.15, -0.1) is 24.0 Å². The molecule has 0 radical (unpaired) electrons. The third-order valence-corrected chi connectivity index (χ3v) is 5.30. The monoisotopic (exact) mass is 535 g/mol. The Kier molecular flexibility index (Phi) is 11.4. The van der Waals surface area contributed by atoms with Crippen LogP contribution in [-0.4, -0.2) is 79.9 Å². The highest BCUT2D eigenvalue weighted by Gasteiger charge is 2.32. The van der Waals surface area contributed by atoms with Gasteiger partial charge in [-0.1, -0.05) is 0 Å². The minimum Gasteiger partial charge on any atom is -0.450 e. The Balaban J connectivity index is 0.00000420. The Labute approximate surface area is 187 Å². The number of nitrogens with one attached hydrogen (secondary N) is 1. The highest BCUT2D eigenvalue weighted by atomic mass is 127. The molecule has 11 heteroatoms. The molecule has 2 fully saturated rings. The number of piperidine rings is 2. The third kappa shape index (κ3) is 10.1. The first kappa shape index (κ1) is 26.1. The number of hydrogen-bond acceptors (Lipinski definition) is 4. The lowest BCUT2D eigenvalue weighted by Crippen LogP contribution is -2.48. The van der Waals surface area contributed by atoms with E-state index in [1.54, 1.807) is 11.8 Å². The molecule has 0 atom stereocenters. The number of halogens is 4. The summed E-state index contributed by atoms with van der Waals surface area (Å²) in [6.45, 7) is 4.14. The smallest absolute Gasteiger partial charge is 0.409 e. The van der Waals surface area contributed by atoms with Crippen LogP contribution in [-0.2, 0) is 4.74 Å². The number of guanidine groups is 1. The molecular weight excluding hydrogens is 502 g/mol. The van der Waals surface area contributed by atoms with Crippen LogP contribution < -0.4 is 11.1 Å². The maximum absolute atomic E-state index is 12.4. The summed E-state index contributed by atoms with van der Waals surface area (Å²) in [5, 5.41) is 3.20. The number of likely N-dealkylation sites (tertiary alicyclic amines) is 2. The Hall–Kier alpha value is -0.980. The number of rotatable bonds is 6. The zero-order valence-electron chi connectivity index (χ0n) is 16.9. The van der Waals surface area contributed by atoms with Crippen molar-refractivity contribution in [3.63, 3.8) is 0 Å². The maximum atomic E-state index is 12.4. The second-order valence-corrected chi connectivity index (χ2v) is 7.49. The van der Waals surface area contributed by atoms with Gasteiger partial charge >= 0.3 is 12.3 Å². The van der Waals surface area contributed by atoms with Crippen LogP contribution in [0, 0.1) is 5.92 Å². The lowest BCUT2D eigenvalue weighted by Gasteiger charge is -2.32. The number of carbonyl (C=O) groups is 1. The van der Waals surface area contributed by atoms with E-state index in [0.717, 1.165) is 32.1 Å². The van der Waals surface area contributed by atoms with Crippen molar-refractivity contribution < 1.29 is 22.7 Å². The Morgan fingerprint density at radius 1 is 1.17 bits per heavy atom. The molecule has 170 valence electrons. The minimum absolute atomic E-state index is 0. The normalized spacial score (nSPS) is 20.3. The summed E-state index contributed by atoms with van der Waals surface area (Å²) in [7, 11) is 0. The van der Waals surface area contributed by atoms with Crippen molar-refractivity contribution in [1.82, 2.24) is 15.1 Å². The molecule has 2 aliphatic heterocycles. The molecule has 0 unspecified atom stereocenters. The summed E-state index contributed by atoms with van der Waals surface area (Å²) >= 11 is 0. The zero-order chi connectivity index (χ0) is 20.6. The summed E-state index contributed by atoms with van der Waals surface area (Å²) in [4.78, 5) is 19.2. The zero-order valence-corrected chi connectivity index (χ0v) is 19.2. The van der Waals surface area contributed by atoms with Crippen LogP contribution in [0.5, 0.6) is 0 Å². The van der Waals surface area contributed by atoms with E-state index in [4.69, 9.17) is 10.5 Å². The Morgan fingerprint density at radius 3 is 2.34 bits per heavy atom. The van der Waals surface area contributed by atoms with Gasteiger partial charge in [0.15, 0.2) is 5.96 Å². The summed E-state index contributed by atoms with van der Waals surface area (Å²) in [5.41, 5.74) is 5.95. The fourth-order valence-electron chi connectivity index (χ4n) is 3.73. The number of nitrogens with two attached hydrogens (primary N) is 1. The minimum atomic E-state index is -4.12. The van der Waals surface area contributed by atoms with Crippen molar-refractivity contribution in [2.75, 3.05) is 45.9 Å². The number of alkyl halides is 3. The molecule has 0 aromatic carbocycles. The second-order valence-electron chi connectivity index (χ2n) is 7.49. The lowest BCUT2D eigenvalue weighted by atomic mass is 9.93. The first-order valence-electron chi connectivity index (χ1n) is 10.0. The van der Waals surface area contributed by atoms with Gasteiger partial charge in [0.25, 0.3) is 0 Å². The molecule has 29 heavy (non-hydrogen) atoms. The van der Waals surface area contributed by atoms with Crippen molar-refractivity contribution in [2.45, 2.75) is 51.2 Å². The number of aliphatic imine (C=N–C) groups is 1. The second kappa shape index (κ2) is 12.7. The summed E-state index contributed by atoms with van der Waals surface area (Å²) in [6.07, 6.45) is -0.452. The fraction of sp³-hybridized carbons (Fsp3) is 0.889.